The van der Waals surface area contributed by atoms with E-state index >= 15 is 0 Å². The summed E-state index contributed by atoms with van der Waals surface area (Å²) in [5.41, 5.74) is 0. The number of fused-ring (bicyclic) bond motifs is 1. The van der Waals surface area contributed by atoms with Crippen molar-refractivity contribution in [3.05, 3.63) is 35.2 Å². The lowest BCUT2D eigenvalue weighted by molar-refractivity contribution is -0.129. The summed E-state index contributed by atoms with van der Waals surface area (Å²) in [6, 6.07) is 10.8. The second-order valence-corrected chi connectivity index (χ2v) is 8.09. The lowest BCUT2D eigenvalue weighted by atomic mass is 10.2. The van der Waals surface area contributed by atoms with E-state index in [9.17, 15) is 4.79 Å². The number of hydrogen-bond acceptors (Lipinski definition) is 4. The first-order valence-electron chi connectivity index (χ1n) is 7.99. The number of likely N-dealkylation sites (N-methyl/N-ethyl adjacent to an activating group) is 2. The van der Waals surface area contributed by atoms with Gasteiger partial charge in [-0.2, -0.15) is 11.8 Å². The van der Waals surface area contributed by atoms with Crippen LogP contribution in [0.3, 0.4) is 0 Å². The van der Waals surface area contributed by atoms with E-state index in [1.807, 2.05) is 29.5 Å². The summed E-state index contributed by atoms with van der Waals surface area (Å²) in [5, 5.41) is 1.41. The highest BCUT2D eigenvalue weighted by Crippen LogP contribution is 2.26. The SMILES string of the molecule is CCC(SC)C(=O)N(C)CCN(C)Cc1cc2ccccc2s1. The molecule has 0 fully saturated rings. The second-order valence-electron chi connectivity index (χ2n) is 5.88. The molecule has 1 amide bonds. The molecular weight excluding hydrogens is 324 g/mol. The summed E-state index contributed by atoms with van der Waals surface area (Å²) >= 11 is 3.50. The van der Waals surface area contributed by atoms with Crippen LogP contribution in [-0.2, 0) is 11.3 Å². The fraction of sp³-hybridized carbons (Fsp3) is 0.500. The molecule has 0 radical (unpaired) electrons. The molecule has 1 atom stereocenters. The van der Waals surface area contributed by atoms with E-state index < -0.39 is 0 Å². The van der Waals surface area contributed by atoms with Crippen LogP contribution in [0.15, 0.2) is 30.3 Å². The van der Waals surface area contributed by atoms with Crippen molar-refractivity contribution in [3.8, 4) is 0 Å². The normalized spacial score (nSPS) is 12.7. The molecule has 0 saturated heterocycles. The molecule has 1 heterocycles. The maximum Gasteiger partial charge on any atom is 0.235 e. The van der Waals surface area contributed by atoms with E-state index in [-0.39, 0.29) is 11.2 Å². The Balaban J connectivity index is 1.84. The molecule has 3 nitrogen and oxygen atoms in total. The number of carbonyl (C=O) groups is 1. The summed E-state index contributed by atoms with van der Waals surface area (Å²) in [5.74, 6) is 0.246. The Morgan fingerprint density at radius 2 is 2.00 bits per heavy atom. The van der Waals surface area contributed by atoms with Crippen molar-refractivity contribution in [1.29, 1.82) is 0 Å². The Labute approximate surface area is 147 Å². The lowest BCUT2D eigenvalue weighted by Crippen LogP contribution is -2.39. The van der Waals surface area contributed by atoms with E-state index in [1.165, 1.54) is 15.0 Å². The van der Waals surface area contributed by atoms with Crippen LogP contribution in [-0.4, -0.2) is 54.4 Å². The molecule has 2 aromatic rings. The zero-order valence-electron chi connectivity index (χ0n) is 14.4. The number of benzene rings is 1. The summed E-state index contributed by atoms with van der Waals surface area (Å²) in [6.45, 7) is 4.67. The average Bonchev–Trinajstić information content (AvgIpc) is 2.95. The number of carbonyl (C=O) groups excluding carboxylic acids is 1. The van der Waals surface area contributed by atoms with E-state index in [2.05, 4.69) is 49.2 Å². The predicted molar refractivity (Wildman–Crippen MR) is 103 cm³/mol. The minimum absolute atomic E-state index is 0.0906. The number of hydrogen-bond donors (Lipinski definition) is 0. The van der Waals surface area contributed by atoms with Crippen LogP contribution in [0.5, 0.6) is 0 Å². The molecule has 0 aliphatic carbocycles. The Kier molecular flexibility index (Phi) is 6.93. The van der Waals surface area contributed by atoms with Gasteiger partial charge in [0.05, 0.1) is 5.25 Å². The van der Waals surface area contributed by atoms with Gasteiger partial charge < -0.3 is 4.90 Å². The Bertz CT molecular complexity index is 604. The second kappa shape index (κ2) is 8.71. The number of thiophene rings is 1. The average molecular weight is 351 g/mol. The molecule has 2 rings (SSSR count). The van der Waals surface area contributed by atoms with Gasteiger partial charge in [-0.15, -0.1) is 11.3 Å². The van der Waals surface area contributed by atoms with Crippen LogP contribution in [0.4, 0.5) is 0 Å². The molecule has 126 valence electrons. The quantitative estimate of drug-likeness (QED) is 0.720. The third-order valence-electron chi connectivity index (χ3n) is 4.03. The first kappa shape index (κ1) is 18.3. The standard InChI is InChI=1S/C18H26N2OS2/c1-5-16(22-4)18(21)20(3)11-10-19(2)13-15-12-14-8-6-7-9-17(14)23-15/h6-9,12,16H,5,10-11,13H2,1-4H3. The Morgan fingerprint density at radius 3 is 2.65 bits per heavy atom. The molecule has 0 saturated carbocycles. The first-order valence-corrected chi connectivity index (χ1v) is 10.1. The largest absolute Gasteiger partial charge is 0.344 e. The minimum Gasteiger partial charge on any atom is -0.344 e. The van der Waals surface area contributed by atoms with Gasteiger partial charge in [0.1, 0.15) is 0 Å². The number of nitrogens with zero attached hydrogens (tertiary/aromatic N) is 2. The van der Waals surface area contributed by atoms with Crippen molar-refractivity contribution < 1.29 is 4.79 Å². The van der Waals surface area contributed by atoms with Crippen molar-refractivity contribution >= 4 is 39.1 Å². The maximum atomic E-state index is 12.3. The van der Waals surface area contributed by atoms with Crippen molar-refractivity contribution in [2.24, 2.45) is 0 Å². The molecule has 0 aliphatic heterocycles. The third-order valence-corrected chi connectivity index (χ3v) is 6.23. The molecule has 0 bridgehead atoms. The highest BCUT2D eigenvalue weighted by atomic mass is 32.2. The summed E-state index contributed by atoms with van der Waals surface area (Å²) in [6.07, 6.45) is 2.90. The highest BCUT2D eigenvalue weighted by molar-refractivity contribution is 7.99. The fourth-order valence-corrected chi connectivity index (χ4v) is 4.44. The van der Waals surface area contributed by atoms with Gasteiger partial charge in [0, 0.05) is 36.3 Å². The molecule has 5 heteroatoms. The topological polar surface area (TPSA) is 23.6 Å². The van der Waals surface area contributed by atoms with Crippen LogP contribution < -0.4 is 0 Å². The molecule has 0 N–H and O–H groups in total. The number of rotatable bonds is 8. The summed E-state index contributed by atoms with van der Waals surface area (Å²) < 4.78 is 1.34. The maximum absolute atomic E-state index is 12.3. The van der Waals surface area contributed by atoms with Crippen LogP contribution in [0.25, 0.3) is 10.1 Å². The third kappa shape index (κ3) is 4.96. The van der Waals surface area contributed by atoms with E-state index in [0.717, 1.165) is 26.1 Å². The molecule has 1 aromatic carbocycles. The van der Waals surface area contributed by atoms with Crippen LogP contribution in [0.2, 0.25) is 0 Å². The number of thioether (sulfide) groups is 1. The van der Waals surface area contributed by atoms with Crippen LogP contribution in [0.1, 0.15) is 18.2 Å². The smallest absolute Gasteiger partial charge is 0.235 e. The molecule has 23 heavy (non-hydrogen) atoms. The van der Waals surface area contributed by atoms with Crippen molar-refractivity contribution in [3.63, 3.8) is 0 Å². The van der Waals surface area contributed by atoms with Crippen molar-refractivity contribution in [2.75, 3.05) is 33.4 Å². The zero-order chi connectivity index (χ0) is 16.8. The fourth-order valence-electron chi connectivity index (χ4n) is 2.58. The van der Waals surface area contributed by atoms with E-state index in [1.54, 1.807) is 11.8 Å². The summed E-state index contributed by atoms with van der Waals surface area (Å²) in [7, 11) is 4.03. The molecular formula is C18H26N2OS2. The molecule has 0 aliphatic rings. The van der Waals surface area contributed by atoms with Crippen molar-refractivity contribution in [1.82, 2.24) is 9.80 Å². The van der Waals surface area contributed by atoms with Gasteiger partial charge in [0.2, 0.25) is 5.91 Å². The summed E-state index contributed by atoms with van der Waals surface area (Å²) in [4.78, 5) is 17.8. The van der Waals surface area contributed by atoms with Crippen LogP contribution >= 0.6 is 23.1 Å². The van der Waals surface area contributed by atoms with Gasteiger partial charge in [-0.1, -0.05) is 25.1 Å². The molecule has 0 spiro atoms. The monoisotopic (exact) mass is 350 g/mol. The minimum atomic E-state index is 0.0906. The van der Waals surface area contributed by atoms with E-state index in [4.69, 9.17) is 0 Å². The molecule has 1 aromatic heterocycles. The number of amides is 1. The van der Waals surface area contributed by atoms with Gasteiger partial charge in [0.15, 0.2) is 0 Å². The van der Waals surface area contributed by atoms with Crippen LogP contribution in [0, 0.1) is 0 Å². The van der Waals surface area contributed by atoms with Gasteiger partial charge in [0.25, 0.3) is 0 Å². The van der Waals surface area contributed by atoms with Gasteiger partial charge in [-0.25, -0.2) is 0 Å². The van der Waals surface area contributed by atoms with Crippen molar-refractivity contribution in [2.45, 2.75) is 25.1 Å². The highest BCUT2D eigenvalue weighted by Gasteiger charge is 2.19. The van der Waals surface area contributed by atoms with Gasteiger partial charge in [-0.3, -0.25) is 9.69 Å². The van der Waals surface area contributed by atoms with Gasteiger partial charge >= 0.3 is 0 Å². The predicted octanol–water partition coefficient (Wildman–Crippen LogP) is 3.93. The Morgan fingerprint density at radius 1 is 1.26 bits per heavy atom. The Hall–Kier alpha value is -1.04. The van der Waals surface area contributed by atoms with E-state index in [0.29, 0.717) is 0 Å². The van der Waals surface area contributed by atoms with Gasteiger partial charge in [-0.05, 0) is 37.2 Å². The molecule has 1 unspecified atom stereocenters. The zero-order valence-corrected chi connectivity index (χ0v) is 16.0. The first-order chi connectivity index (χ1) is 11.0. The lowest BCUT2D eigenvalue weighted by Gasteiger charge is -2.24.